The number of hydrogen-bond donors (Lipinski definition) is 1. The monoisotopic (exact) mass is 339 g/mol. The third-order valence-electron chi connectivity index (χ3n) is 4.29. The predicted molar refractivity (Wildman–Crippen MR) is 98.4 cm³/mol. The highest BCUT2D eigenvalue weighted by Gasteiger charge is 2.15. The highest BCUT2D eigenvalue weighted by Crippen LogP contribution is 2.21. The van der Waals surface area contributed by atoms with E-state index in [2.05, 4.69) is 41.5 Å². The smallest absolute Gasteiger partial charge is 0.221 e. The summed E-state index contributed by atoms with van der Waals surface area (Å²) in [5.41, 5.74) is 4.22. The number of fused-ring (bicyclic) bond motifs is 1. The van der Waals surface area contributed by atoms with Gasteiger partial charge in [-0.25, -0.2) is 0 Å². The number of aryl methyl sites for hydroxylation is 2. The molecule has 132 valence electrons. The summed E-state index contributed by atoms with van der Waals surface area (Å²) in [6.45, 7) is 7.40. The standard InChI is InChI=1S/C19H25N5O/c1-14(2)24-17-13-21-23(19(17)15(3)22-24)12-10-18(25)20-11-9-16-7-5-4-6-8-16/h4-8,13-14H,9-12H2,1-3H3,(H,20,25). The van der Waals surface area contributed by atoms with Gasteiger partial charge in [-0.3, -0.25) is 14.2 Å². The third-order valence-corrected chi connectivity index (χ3v) is 4.29. The fourth-order valence-corrected chi connectivity index (χ4v) is 3.03. The Bertz CT molecular complexity index is 847. The van der Waals surface area contributed by atoms with Gasteiger partial charge in [0, 0.05) is 19.0 Å². The summed E-state index contributed by atoms with van der Waals surface area (Å²) >= 11 is 0. The summed E-state index contributed by atoms with van der Waals surface area (Å²) < 4.78 is 3.86. The quantitative estimate of drug-likeness (QED) is 0.720. The molecule has 0 radical (unpaired) electrons. The van der Waals surface area contributed by atoms with Crippen LogP contribution < -0.4 is 5.32 Å². The average molecular weight is 339 g/mol. The Labute approximate surface area is 147 Å². The highest BCUT2D eigenvalue weighted by atomic mass is 16.1. The number of carbonyl (C=O) groups is 1. The molecule has 3 aromatic rings. The van der Waals surface area contributed by atoms with Gasteiger partial charge in [0.15, 0.2) is 0 Å². The van der Waals surface area contributed by atoms with E-state index in [-0.39, 0.29) is 11.9 Å². The van der Waals surface area contributed by atoms with Crippen molar-refractivity contribution in [3.8, 4) is 0 Å². The van der Waals surface area contributed by atoms with Crippen molar-refractivity contribution in [1.82, 2.24) is 24.9 Å². The van der Waals surface area contributed by atoms with Gasteiger partial charge in [0.2, 0.25) is 5.91 Å². The number of rotatable bonds is 7. The zero-order chi connectivity index (χ0) is 17.8. The lowest BCUT2D eigenvalue weighted by Gasteiger charge is -2.06. The lowest BCUT2D eigenvalue weighted by molar-refractivity contribution is -0.121. The zero-order valence-corrected chi connectivity index (χ0v) is 15.1. The van der Waals surface area contributed by atoms with E-state index < -0.39 is 0 Å². The molecule has 2 aromatic heterocycles. The molecule has 0 spiro atoms. The van der Waals surface area contributed by atoms with Gasteiger partial charge < -0.3 is 5.32 Å². The van der Waals surface area contributed by atoms with Crippen LogP contribution in [0.15, 0.2) is 36.5 Å². The van der Waals surface area contributed by atoms with Crippen LogP contribution in [0.3, 0.4) is 0 Å². The molecule has 0 saturated carbocycles. The molecule has 25 heavy (non-hydrogen) atoms. The van der Waals surface area contributed by atoms with Crippen LogP contribution in [0.2, 0.25) is 0 Å². The van der Waals surface area contributed by atoms with Crippen molar-refractivity contribution >= 4 is 16.9 Å². The molecule has 0 saturated heterocycles. The fraction of sp³-hybridized carbons (Fsp3) is 0.421. The Morgan fingerprint density at radius 1 is 1.24 bits per heavy atom. The summed E-state index contributed by atoms with van der Waals surface area (Å²) in [6, 6.07) is 10.5. The van der Waals surface area contributed by atoms with Crippen LogP contribution in [0.25, 0.3) is 11.0 Å². The topological polar surface area (TPSA) is 64.7 Å². The van der Waals surface area contributed by atoms with Crippen LogP contribution in [0, 0.1) is 6.92 Å². The largest absolute Gasteiger partial charge is 0.356 e. The number of aromatic nitrogens is 4. The van der Waals surface area contributed by atoms with E-state index in [9.17, 15) is 4.79 Å². The molecule has 2 heterocycles. The fourth-order valence-electron chi connectivity index (χ4n) is 3.03. The van der Waals surface area contributed by atoms with Gasteiger partial charge in [-0.05, 0) is 32.8 Å². The molecular weight excluding hydrogens is 314 g/mol. The first-order chi connectivity index (χ1) is 12.1. The molecular formula is C19H25N5O. The summed E-state index contributed by atoms with van der Waals surface area (Å²) in [5, 5.41) is 12.0. The first-order valence-corrected chi connectivity index (χ1v) is 8.77. The van der Waals surface area contributed by atoms with Gasteiger partial charge in [0.25, 0.3) is 0 Å². The molecule has 0 atom stereocenters. The van der Waals surface area contributed by atoms with E-state index in [0.717, 1.165) is 23.1 Å². The maximum absolute atomic E-state index is 12.1. The van der Waals surface area contributed by atoms with Crippen molar-refractivity contribution in [2.75, 3.05) is 6.54 Å². The van der Waals surface area contributed by atoms with E-state index in [4.69, 9.17) is 0 Å². The number of amides is 1. The second-order valence-corrected chi connectivity index (χ2v) is 6.56. The molecule has 0 aliphatic heterocycles. The lowest BCUT2D eigenvalue weighted by Crippen LogP contribution is -2.26. The summed E-state index contributed by atoms with van der Waals surface area (Å²) in [4.78, 5) is 12.1. The lowest BCUT2D eigenvalue weighted by atomic mass is 10.1. The first kappa shape index (κ1) is 17.2. The van der Waals surface area contributed by atoms with Gasteiger partial charge in [-0.1, -0.05) is 30.3 Å². The molecule has 0 unspecified atom stereocenters. The Balaban J connectivity index is 1.55. The highest BCUT2D eigenvalue weighted by molar-refractivity contribution is 5.79. The van der Waals surface area contributed by atoms with Gasteiger partial charge in [0.1, 0.15) is 11.0 Å². The summed E-state index contributed by atoms with van der Waals surface area (Å²) in [7, 11) is 0. The zero-order valence-electron chi connectivity index (χ0n) is 15.1. The minimum atomic E-state index is 0.0495. The Kier molecular flexibility index (Phi) is 5.16. The molecule has 1 amide bonds. The van der Waals surface area contributed by atoms with Crippen molar-refractivity contribution in [2.24, 2.45) is 0 Å². The number of carbonyl (C=O) groups excluding carboxylic acids is 1. The molecule has 0 aliphatic rings. The van der Waals surface area contributed by atoms with Crippen molar-refractivity contribution < 1.29 is 4.79 Å². The summed E-state index contributed by atoms with van der Waals surface area (Å²) in [6.07, 6.45) is 3.10. The number of benzene rings is 1. The van der Waals surface area contributed by atoms with Crippen molar-refractivity contribution in [3.63, 3.8) is 0 Å². The Morgan fingerprint density at radius 2 is 2.00 bits per heavy atom. The molecule has 1 N–H and O–H groups in total. The molecule has 1 aromatic carbocycles. The van der Waals surface area contributed by atoms with E-state index in [1.807, 2.05) is 40.7 Å². The molecule has 0 bridgehead atoms. The average Bonchev–Trinajstić information content (AvgIpc) is 3.15. The number of hydrogen-bond acceptors (Lipinski definition) is 3. The van der Waals surface area contributed by atoms with Crippen LogP contribution in [0.1, 0.15) is 37.6 Å². The number of nitrogens with zero attached hydrogens (tertiary/aromatic N) is 4. The van der Waals surface area contributed by atoms with Crippen LogP contribution >= 0.6 is 0 Å². The molecule has 0 aliphatic carbocycles. The maximum atomic E-state index is 12.1. The summed E-state index contributed by atoms with van der Waals surface area (Å²) in [5.74, 6) is 0.0495. The van der Waals surface area contributed by atoms with Crippen LogP contribution in [0.5, 0.6) is 0 Å². The van der Waals surface area contributed by atoms with Crippen LogP contribution in [-0.4, -0.2) is 32.0 Å². The third kappa shape index (κ3) is 3.90. The van der Waals surface area contributed by atoms with E-state index in [0.29, 0.717) is 19.5 Å². The van der Waals surface area contributed by atoms with E-state index in [1.54, 1.807) is 0 Å². The van der Waals surface area contributed by atoms with Crippen LogP contribution in [0.4, 0.5) is 0 Å². The van der Waals surface area contributed by atoms with Crippen molar-refractivity contribution in [2.45, 2.75) is 46.2 Å². The second-order valence-electron chi connectivity index (χ2n) is 6.56. The van der Waals surface area contributed by atoms with Gasteiger partial charge >= 0.3 is 0 Å². The van der Waals surface area contributed by atoms with Gasteiger partial charge in [0.05, 0.1) is 18.4 Å². The molecule has 6 nitrogen and oxygen atoms in total. The SMILES string of the molecule is Cc1nn(C(C)C)c2cnn(CCC(=O)NCCc3ccccc3)c12. The molecule has 6 heteroatoms. The maximum Gasteiger partial charge on any atom is 0.221 e. The minimum absolute atomic E-state index is 0.0495. The minimum Gasteiger partial charge on any atom is -0.356 e. The second kappa shape index (κ2) is 7.51. The Hall–Kier alpha value is -2.63. The van der Waals surface area contributed by atoms with E-state index >= 15 is 0 Å². The molecule has 3 rings (SSSR count). The normalized spacial score (nSPS) is 11.4. The Morgan fingerprint density at radius 3 is 2.72 bits per heavy atom. The van der Waals surface area contributed by atoms with Crippen molar-refractivity contribution in [1.29, 1.82) is 0 Å². The van der Waals surface area contributed by atoms with Gasteiger partial charge in [-0.15, -0.1) is 0 Å². The predicted octanol–water partition coefficient (Wildman–Crippen LogP) is 2.87. The van der Waals surface area contributed by atoms with E-state index in [1.165, 1.54) is 5.56 Å². The first-order valence-electron chi connectivity index (χ1n) is 8.77. The molecule has 0 fully saturated rings. The number of nitrogens with one attached hydrogen (secondary N) is 1. The van der Waals surface area contributed by atoms with Crippen molar-refractivity contribution in [3.05, 3.63) is 47.8 Å². The van der Waals surface area contributed by atoms with Crippen LogP contribution in [-0.2, 0) is 17.8 Å². The van der Waals surface area contributed by atoms with Gasteiger partial charge in [-0.2, -0.15) is 10.2 Å².